The predicted molar refractivity (Wildman–Crippen MR) is 106 cm³/mol. The molecule has 4 rings (SSSR count). The van der Waals surface area contributed by atoms with Gasteiger partial charge in [0.15, 0.2) is 0 Å². The van der Waals surface area contributed by atoms with E-state index < -0.39 is 0 Å². The molecule has 0 aliphatic rings. The van der Waals surface area contributed by atoms with Crippen molar-refractivity contribution in [3.8, 4) is 17.0 Å². The summed E-state index contributed by atoms with van der Waals surface area (Å²) in [4.78, 5) is 17.5. The third-order valence-electron chi connectivity index (χ3n) is 4.44. The van der Waals surface area contributed by atoms with E-state index in [1.54, 1.807) is 47.9 Å². The Hall–Kier alpha value is -3.67. The molecule has 140 valence electrons. The monoisotopic (exact) mass is 375 g/mol. The SMILES string of the molecule is COc1cccc(C(=O)Nc2c(-c3cccc(F)c3)nc3cc(C)ccn23)c1. The van der Waals surface area contributed by atoms with Crippen LogP contribution in [0.1, 0.15) is 15.9 Å². The van der Waals surface area contributed by atoms with Gasteiger partial charge in [0.25, 0.3) is 5.91 Å². The average Bonchev–Trinajstić information content (AvgIpc) is 3.05. The fourth-order valence-electron chi connectivity index (χ4n) is 3.05. The predicted octanol–water partition coefficient (Wildman–Crippen LogP) is 4.71. The zero-order valence-electron chi connectivity index (χ0n) is 15.4. The van der Waals surface area contributed by atoms with Gasteiger partial charge in [-0.05, 0) is 55.0 Å². The number of hydrogen-bond acceptors (Lipinski definition) is 3. The highest BCUT2D eigenvalue weighted by atomic mass is 19.1. The molecule has 0 fully saturated rings. The second-order valence-corrected chi connectivity index (χ2v) is 6.44. The molecule has 0 saturated heterocycles. The van der Waals surface area contributed by atoms with E-state index in [0.717, 1.165) is 5.56 Å². The Labute approximate surface area is 161 Å². The molecule has 0 unspecified atom stereocenters. The van der Waals surface area contributed by atoms with Crippen LogP contribution in [0.3, 0.4) is 0 Å². The quantitative estimate of drug-likeness (QED) is 0.562. The molecular formula is C22H18FN3O2. The van der Waals surface area contributed by atoms with Crippen molar-refractivity contribution in [2.24, 2.45) is 0 Å². The number of carbonyl (C=O) groups excluding carboxylic acids is 1. The summed E-state index contributed by atoms with van der Waals surface area (Å²) >= 11 is 0. The van der Waals surface area contributed by atoms with Gasteiger partial charge in [0.05, 0.1) is 7.11 Å². The lowest BCUT2D eigenvalue weighted by Crippen LogP contribution is -2.14. The minimum Gasteiger partial charge on any atom is -0.497 e. The van der Waals surface area contributed by atoms with Gasteiger partial charge in [0.2, 0.25) is 0 Å². The Balaban J connectivity index is 1.82. The molecule has 1 amide bonds. The highest BCUT2D eigenvalue weighted by Gasteiger charge is 2.18. The van der Waals surface area contributed by atoms with Crippen molar-refractivity contribution in [3.63, 3.8) is 0 Å². The molecule has 6 heteroatoms. The van der Waals surface area contributed by atoms with E-state index in [2.05, 4.69) is 10.3 Å². The van der Waals surface area contributed by atoms with Crippen molar-refractivity contribution in [2.45, 2.75) is 6.92 Å². The summed E-state index contributed by atoms with van der Waals surface area (Å²) in [5, 5.41) is 2.92. The number of anilines is 1. The minimum absolute atomic E-state index is 0.307. The summed E-state index contributed by atoms with van der Waals surface area (Å²) in [6.45, 7) is 1.96. The molecule has 0 atom stereocenters. The van der Waals surface area contributed by atoms with Crippen LogP contribution in [0, 0.1) is 12.7 Å². The van der Waals surface area contributed by atoms with Crippen molar-refractivity contribution in [2.75, 3.05) is 12.4 Å². The molecule has 0 aliphatic heterocycles. The summed E-state index contributed by atoms with van der Waals surface area (Å²) < 4.78 is 20.8. The first kappa shape index (κ1) is 17.7. The molecule has 0 radical (unpaired) electrons. The lowest BCUT2D eigenvalue weighted by Gasteiger charge is -2.09. The van der Waals surface area contributed by atoms with E-state index in [1.165, 1.54) is 12.1 Å². The maximum atomic E-state index is 13.8. The first-order valence-electron chi connectivity index (χ1n) is 8.75. The summed E-state index contributed by atoms with van der Waals surface area (Å²) in [5.74, 6) is 0.398. The lowest BCUT2D eigenvalue weighted by atomic mass is 10.1. The van der Waals surface area contributed by atoms with Gasteiger partial charge in [-0.25, -0.2) is 9.37 Å². The number of aromatic nitrogens is 2. The number of halogens is 1. The number of rotatable bonds is 4. The van der Waals surface area contributed by atoms with Gasteiger partial charge in [0, 0.05) is 17.3 Å². The molecule has 2 aromatic carbocycles. The number of aryl methyl sites for hydroxylation is 1. The number of carbonyl (C=O) groups is 1. The molecule has 2 aromatic heterocycles. The zero-order valence-corrected chi connectivity index (χ0v) is 15.4. The molecule has 2 heterocycles. The standard InChI is InChI=1S/C22H18FN3O2/c1-14-9-10-26-19(11-14)24-20(15-5-3-7-17(23)12-15)21(26)25-22(27)16-6-4-8-18(13-16)28-2/h3-13H,1-2H3,(H,25,27). The van der Waals surface area contributed by atoms with Crippen LogP contribution < -0.4 is 10.1 Å². The van der Waals surface area contributed by atoms with E-state index >= 15 is 0 Å². The van der Waals surface area contributed by atoms with Crippen LogP contribution in [0.5, 0.6) is 5.75 Å². The van der Waals surface area contributed by atoms with Crippen molar-refractivity contribution in [3.05, 3.63) is 83.8 Å². The van der Waals surface area contributed by atoms with Gasteiger partial charge < -0.3 is 10.1 Å². The van der Waals surface area contributed by atoms with Gasteiger partial charge in [-0.2, -0.15) is 0 Å². The van der Waals surface area contributed by atoms with Gasteiger partial charge in [-0.1, -0.05) is 18.2 Å². The van der Waals surface area contributed by atoms with Crippen molar-refractivity contribution in [1.29, 1.82) is 0 Å². The number of imidazole rings is 1. The van der Waals surface area contributed by atoms with E-state index in [9.17, 15) is 9.18 Å². The highest BCUT2D eigenvalue weighted by molar-refractivity contribution is 6.06. The maximum absolute atomic E-state index is 13.8. The Morgan fingerprint density at radius 2 is 1.93 bits per heavy atom. The van der Waals surface area contributed by atoms with Gasteiger partial charge in [-0.15, -0.1) is 0 Å². The van der Waals surface area contributed by atoms with Crippen LogP contribution in [0.4, 0.5) is 10.2 Å². The second kappa shape index (κ2) is 7.15. The molecule has 4 aromatic rings. The molecule has 1 N–H and O–H groups in total. The van der Waals surface area contributed by atoms with Gasteiger partial charge in [0.1, 0.15) is 28.7 Å². The summed E-state index contributed by atoms with van der Waals surface area (Å²) in [6, 6.07) is 16.9. The second-order valence-electron chi connectivity index (χ2n) is 6.44. The Morgan fingerprint density at radius 3 is 2.71 bits per heavy atom. The van der Waals surface area contributed by atoms with Crippen molar-refractivity contribution >= 4 is 17.4 Å². The fraction of sp³-hybridized carbons (Fsp3) is 0.0909. The number of pyridine rings is 1. The first-order valence-corrected chi connectivity index (χ1v) is 8.75. The van der Waals surface area contributed by atoms with Crippen molar-refractivity contribution < 1.29 is 13.9 Å². The fourth-order valence-corrected chi connectivity index (χ4v) is 3.05. The summed E-state index contributed by atoms with van der Waals surface area (Å²) in [7, 11) is 1.55. The van der Waals surface area contributed by atoms with Gasteiger partial charge in [-0.3, -0.25) is 9.20 Å². The molecule has 0 aliphatic carbocycles. The minimum atomic E-state index is -0.365. The lowest BCUT2D eigenvalue weighted by molar-refractivity contribution is 0.102. The number of ether oxygens (including phenoxy) is 1. The van der Waals surface area contributed by atoms with E-state index in [-0.39, 0.29) is 11.7 Å². The van der Waals surface area contributed by atoms with E-state index in [0.29, 0.717) is 34.0 Å². The van der Waals surface area contributed by atoms with Crippen molar-refractivity contribution in [1.82, 2.24) is 9.38 Å². The smallest absolute Gasteiger partial charge is 0.256 e. The summed E-state index contributed by atoms with van der Waals surface area (Å²) in [5.41, 5.74) is 3.24. The number of amides is 1. The third kappa shape index (κ3) is 3.32. The third-order valence-corrected chi connectivity index (χ3v) is 4.44. The summed E-state index contributed by atoms with van der Waals surface area (Å²) in [6.07, 6.45) is 1.83. The largest absolute Gasteiger partial charge is 0.497 e. The molecule has 0 spiro atoms. The number of hydrogen-bond donors (Lipinski definition) is 1. The molecule has 0 saturated carbocycles. The molecule has 5 nitrogen and oxygen atoms in total. The molecular weight excluding hydrogens is 357 g/mol. The van der Waals surface area contributed by atoms with Crippen LogP contribution in [0.15, 0.2) is 66.9 Å². The molecule has 0 bridgehead atoms. The topological polar surface area (TPSA) is 55.6 Å². The normalized spacial score (nSPS) is 10.8. The van der Waals surface area contributed by atoms with E-state index in [4.69, 9.17) is 4.74 Å². The number of nitrogens with one attached hydrogen (secondary N) is 1. The van der Waals surface area contributed by atoms with Crippen LogP contribution in [-0.2, 0) is 0 Å². The highest BCUT2D eigenvalue weighted by Crippen LogP contribution is 2.30. The Morgan fingerprint density at radius 1 is 1.11 bits per heavy atom. The van der Waals surface area contributed by atoms with Crippen LogP contribution in [-0.4, -0.2) is 22.4 Å². The van der Waals surface area contributed by atoms with Crippen LogP contribution >= 0.6 is 0 Å². The molecule has 28 heavy (non-hydrogen) atoms. The number of fused-ring (bicyclic) bond motifs is 1. The Bertz CT molecular complexity index is 1180. The van der Waals surface area contributed by atoms with E-state index in [1.807, 2.05) is 25.3 Å². The average molecular weight is 375 g/mol. The number of benzene rings is 2. The Kier molecular flexibility index (Phi) is 4.53. The zero-order chi connectivity index (χ0) is 19.7. The van der Waals surface area contributed by atoms with Crippen LogP contribution in [0.2, 0.25) is 0 Å². The van der Waals surface area contributed by atoms with Gasteiger partial charge >= 0.3 is 0 Å². The first-order chi connectivity index (χ1) is 13.5. The number of methoxy groups -OCH3 is 1. The maximum Gasteiger partial charge on any atom is 0.256 e. The number of nitrogens with zero attached hydrogens (tertiary/aromatic N) is 2. The van der Waals surface area contributed by atoms with Crippen LogP contribution in [0.25, 0.3) is 16.9 Å².